The summed E-state index contributed by atoms with van der Waals surface area (Å²) in [4.78, 5) is 4.68. The first kappa shape index (κ1) is 17.3. The number of nitrogens with zero attached hydrogens (tertiary/aromatic N) is 2. The Kier molecular flexibility index (Phi) is 5.25. The third-order valence-corrected chi connectivity index (χ3v) is 5.20. The van der Waals surface area contributed by atoms with Crippen molar-refractivity contribution < 1.29 is 8.42 Å². The number of nitrogens with one attached hydrogen (secondary N) is 2. The van der Waals surface area contributed by atoms with E-state index in [9.17, 15) is 8.42 Å². The SMILES string of the molecule is Cc1cccc(Cc2nc(CCNS(=O)(=O)c3ccccc3)n[nH]2)c1. The molecule has 0 bridgehead atoms. The smallest absolute Gasteiger partial charge is 0.240 e. The number of benzene rings is 2. The van der Waals surface area contributed by atoms with Gasteiger partial charge in [0.2, 0.25) is 10.0 Å². The summed E-state index contributed by atoms with van der Waals surface area (Å²) < 4.78 is 26.9. The van der Waals surface area contributed by atoms with Gasteiger partial charge in [0.05, 0.1) is 4.90 Å². The zero-order valence-corrected chi connectivity index (χ0v) is 14.8. The van der Waals surface area contributed by atoms with Gasteiger partial charge < -0.3 is 0 Å². The molecule has 0 saturated carbocycles. The summed E-state index contributed by atoms with van der Waals surface area (Å²) in [6, 6.07) is 16.5. The number of H-pyrrole nitrogens is 1. The van der Waals surface area contributed by atoms with Crippen molar-refractivity contribution in [2.75, 3.05) is 6.54 Å². The quantitative estimate of drug-likeness (QED) is 0.679. The Balaban J connectivity index is 1.55. The van der Waals surface area contributed by atoms with Crippen molar-refractivity contribution in [1.29, 1.82) is 0 Å². The highest BCUT2D eigenvalue weighted by Gasteiger charge is 2.13. The van der Waals surface area contributed by atoms with E-state index in [1.54, 1.807) is 30.3 Å². The van der Waals surface area contributed by atoms with Gasteiger partial charge >= 0.3 is 0 Å². The lowest BCUT2D eigenvalue weighted by Gasteiger charge is -2.05. The van der Waals surface area contributed by atoms with Crippen LogP contribution in [0.2, 0.25) is 0 Å². The van der Waals surface area contributed by atoms with Crippen LogP contribution in [0.25, 0.3) is 0 Å². The van der Waals surface area contributed by atoms with Crippen molar-refractivity contribution in [1.82, 2.24) is 19.9 Å². The maximum atomic E-state index is 12.1. The van der Waals surface area contributed by atoms with Crippen LogP contribution in [0.15, 0.2) is 59.5 Å². The third-order valence-electron chi connectivity index (χ3n) is 3.73. The van der Waals surface area contributed by atoms with E-state index in [1.165, 1.54) is 5.56 Å². The molecule has 7 heteroatoms. The monoisotopic (exact) mass is 356 g/mol. The Bertz CT molecular complexity index is 936. The van der Waals surface area contributed by atoms with Crippen LogP contribution in [-0.2, 0) is 22.9 Å². The predicted octanol–water partition coefficient (Wildman–Crippen LogP) is 2.22. The van der Waals surface area contributed by atoms with Crippen molar-refractivity contribution in [2.24, 2.45) is 0 Å². The lowest BCUT2D eigenvalue weighted by atomic mass is 10.1. The van der Waals surface area contributed by atoms with E-state index in [4.69, 9.17) is 0 Å². The van der Waals surface area contributed by atoms with Gasteiger partial charge in [-0.25, -0.2) is 18.1 Å². The summed E-state index contributed by atoms with van der Waals surface area (Å²) in [6.07, 6.45) is 1.10. The minimum atomic E-state index is -3.49. The van der Waals surface area contributed by atoms with E-state index >= 15 is 0 Å². The van der Waals surface area contributed by atoms with Gasteiger partial charge in [-0.1, -0.05) is 48.0 Å². The minimum absolute atomic E-state index is 0.249. The first-order valence-electron chi connectivity index (χ1n) is 8.03. The zero-order valence-electron chi connectivity index (χ0n) is 13.9. The second-order valence-electron chi connectivity index (χ2n) is 5.82. The van der Waals surface area contributed by atoms with Gasteiger partial charge in [-0.2, -0.15) is 5.10 Å². The van der Waals surface area contributed by atoms with E-state index in [-0.39, 0.29) is 11.4 Å². The molecule has 2 aromatic carbocycles. The Hall–Kier alpha value is -2.51. The van der Waals surface area contributed by atoms with Crippen LogP contribution in [0.3, 0.4) is 0 Å². The number of hydrogen-bond donors (Lipinski definition) is 2. The molecule has 2 N–H and O–H groups in total. The molecule has 0 aliphatic rings. The molecule has 0 radical (unpaired) electrons. The molecule has 0 fully saturated rings. The second-order valence-corrected chi connectivity index (χ2v) is 7.59. The molecule has 0 saturated heterocycles. The van der Waals surface area contributed by atoms with Gasteiger partial charge in [0.1, 0.15) is 5.82 Å². The van der Waals surface area contributed by atoms with Crippen LogP contribution in [-0.4, -0.2) is 30.1 Å². The second kappa shape index (κ2) is 7.58. The molecule has 0 aliphatic heterocycles. The number of aromatic nitrogens is 3. The Morgan fingerprint density at radius 3 is 2.64 bits per heavy atom. The summed E-state index contributed by atoms with van der Waals surface area (Å²) in [5.41, 5.74) is 2.36. The Morgan fingerprint density at radius 2 is 1.88 bits per heavy atom. The fourth-order valence-electron chi connectivity index (χ4n) is 2.52. The molecular weight excluding hydrogens is 336 g/mol. The van der Waals surface area contributed by atoms with E-state index < -0.39 is 10.0 Å². The summed E-state index contributed by atoms with van der Waals surface area (Å²) in [6.45, 7) is 2.30. The van der Waals surface area contributed by atoms with Crippen molar-refractivity contribution in [3.05, 3.63) is 77.4 Å². The van der Waals surface area contributed by atoms with Crippen LogP contribution in [0.5, 0.6) is 0 Å². The van der Waals surface area contributed by atoms with Crippen molar-refractivity contribution in [3.8, 4) is 0 Å². The molecule has 0 amide bonds. The number of aromatic amines is 1. The minimum Gasteiger partial charge on any atom is -0.263 e. The van der Waals surface area contributed by atoms with Gasteiger partial charge in [0.25, 0.3) is 0 Å². The molecule has 6 nitrogen and oxygen atoms in total. The fourth-order valence-corrected chi connectivity index (χ4v) is 3.57. The average Bonchev–Trinajstić information content (AvgIpc) is 3.03. The molecule has 0 atom stereocenters. The summed E-state index contributed by atoms with van der Waals surface area (Å²) in [5, 5.41) is 7.07. The molecular formula is C18H20N4O2S. The fraction of sp³-hybridized carbons (Fsp3) is 0.222. The first-order valence-corrected chi connectivity index (χ1v) is 9.52. The molecule has 1 heterocycles. The maximum Gasteiger partial charge on any atom is 0.240 e. The highest BCUT2D eigenvalue weighted by Crippen LogP contribution is 2.09. The van der Waals surface area contributed by atoms with Gasteiger partial charge in [0.15, 0.2) is 5.82 Å². The largest absolute Gasteiger partial charge is 0.263 e. The topological polar surface area (TPSA) is 87.7 Å². The standard InChI is InChI=1S/C18H20N4O2S/c1-14-6-5-7-15(12-14)13-18-20-17(21-22-18)10-11-19-25(23,24)16-8-3-2-4-9-16/h2-9,12,19H,10-11,13H2,1H3,(H,20,21,22). The Labute approximate surface area is 147 Å². The van der Waals surface area contributed by atoms with E-state index in [1.807, 2.05) is 25.1 Å². The first-order chi connectivity index (χ1) is 12.0. The summed E-state index contributed by atoms with van der Waals surface area (Å²) in [7, 11) is -3.49. The predicted molar refractivity (Wildman–Crippen MR) is 95.7 cm³/mol. The number of hydrogen-bond acceptors (Lipinski definition) is 4. The van der Waals surface area contributed by atoms with Gasteiger partial charge in [0, 0.05) is 19.4 Å². The lowest BCUT2D eigenvalue weighted by molar-refractivity contribution is 0.581. The summed E-state index contributed by atoms with van der Waals surface area (Å²) in [5.74, 6) is 1.37. The molecule has 0 unspecified atom stereocenters. The molecule has 3 aromatic rings. The zero-order chi connectivity index (χ0) is 17.7. The molecule has 3 rings (SSSR count). The molecule has 130 valence electrons. The number of aryl methyl sites for hydroxylation is 1. The third kappa shape index (κ3) is 4.74. The molecule has 25 heavy (non-hydrogen) atoms. The van der Waals surface area contributed by atoms with Gasteiger partial charge in [-0.15, -0.1) is 0 Å². The van der Waals surface area contributed by atoms with Gasteiger partial charge in [-0.3, -0.25) is 5.10 Å². The number of sulfonamides is 1. The average molecular weight is 356 g/mol. The van der Waals surface area contributed by atoms with Crippen LogP contribution >= 0.6 is 0 Å². The summed E-state index contributed by atoms with van der Waals surface area (Å²) >= 11 is 0. The van der Waals surface area contributed by atoms with Gasteiger partial charge in [-0.05, 0) is 24.6 Å². The van der Waals surface area contributed by atoms with Crippen molar-refractivity contribution >= 4 is 10.0 Å². The van der Waals surface area contributed by atoms with Crippen molar-refractivity contribution in [3.63, 3.8) is 0 Å². The maximum absolute atomic E-state index is 12.1. The highest BCUT2D eigenvalue weighted by atomic mass is 32.2. The molecule has 0 spiro atoms. The lowest BCUT2D eigenvalue weighted by Crippen LogP contribution is -2.26. The normalized spacial score (nSPS) is 11.6. The molecule has 1 aromatic heterocycles. The highest BCUT2D eigenvalue weighted by molar-refractivity contribution is 7.89. The van der Waals surface area contributed by atoms with Crippen LogP contribution < -0.4 is 4.72 Å². The van der Waals surface area contributed by atoms with Crippen molar-refractivity contribution in [2.45, 2.75) is 24.7 Å². The van der Waals surface area contributed by atoms with Crippen LogP contribution in [0, 0.1) is 6.92 Å². The number of rotatable bonds is 7. The van der Waals surface area contributed by atoms with E-state index in [0.717, 1.165) is 11.4 Å². The van der Waals surface area contributed by atoms with Crippen LogP contribution in [0.1, 0.15) is 22.8 Å². The molecule has 0 aliphatic carbocycles. The van der Waals surface area contributed by atoms with E-state index in [2.05, 4.69) is 26.0 Å². The van der Waals surface area contributed by atoms with E-state index in [0.29, 0.717) is 18.7 Å². The van der Waals surface area contributed by atoms with Crippen LogP contribution in [0.4, 0.5) is 0 Å². The Morgan fingerprint density at radius 1 is 1.08 bits per heavy atom.